The number of nitrogens with zero attached hydrogens (tertiary/aromatic N) is 4. The van der Waals surface area contributed by atoms with Gasteiger partial charge in [0.25, 0.3) is 0 Å². The van der Waals surface area contributed by atoms with Crippen molar-refractivity contribution >= 4 is 6.09 Å². The van der Waals surface area contributed by atoms with Gasteiger partial charge in [-0.05, 0) is 32.7 Å². The van der Waals surface area contributed by atoms with Crippen LogP contribution in [0.25, 0.3) is 10.4 Å². The maximum atomic E-state index is 12.0. The second kappa shape index (κ2) is 5.46. The lowest BCUT2D eigenvalue weighted by atomic mass is 10.1. The number of ether oxygens (including phenoxy) is 1. The van der Waals surface area contributed by atoms with Gasteiger partial charge in [0.15, 0.2) is 0 Å². The van der Waals surface area contributed by atoms with Crippen LogP contribution in [0.15, 0.2) is 5.11 Å². The highest BCUT2D eigenvalue weighted by atomic mass is 16.6. The molecule has 102 valence electrons. The van der Waals surface area contributed by atoms with Gasteiger partial charge in [-0.3, -0.25) is 0 Å². The number of rotatable bonds is 2. The molecule has 1 heterocycles. The number of carbonyl (C=O) groups is 1. The van der Waals surface area contributed by atoms with Gasteiger partial charge in [0.05, 0.1) is 18.2 Å². The van der Waals surface area contributed by atoms with Gasteiger partial charge in [-0.15, -0.1) is 0 Å². The van der Waals surface area contributed by atoms with Crippen LogP contribution in [0.4, 0.5) is 4.79 Å². The summed E-state index contributed by atoms with van der Waals surface area (Å²) in [6.45, 7) is 7.43. The summed E-state index contributed by atoms with van der Waals surface area (Å²) in [5.41, 5.74) is 7.85. The monoisotopic (exact) mass is 256 g/mol. The van der Waals surface area contributed by atoms with Gasteiger partial charge < -0.3 is 14.7 Å². The molecule has 0 aromatic carbocycles. The van der Waals surface area contributed by atoms with E-state index in [1.165, 1.54) is 4.90 Å². The number of hydrogen-bond acceptors (Lipinski definition) is 4. The number of aliphatic hydroxyl groups is 1. The van der Waals surface area contributed by atoms with Crippen LogP contribution in [0.1, 0.15) is 34.1 Å². The molecule has 1 N–H and O–H groups in total. The lowest BCUT2D eigenvalue weighted by molar-refractivity contribution is 0.0128. The van der Waals surface area contributed by atoms with E-state index < -0.39 is 29.9 Å². The van der Waals surface area contributed by atoms with E-state index in [2.05, 4.69) is 10.0 Å². The maximum Gasteiger partial charge on any atom is 0.410 e. The summed E-state index contributed by atoms with van der Waals surface area (Å²) in [6.07, 6.45) is -0.697. The van der Waals surface area contributed by atoms with Gasteiger partial charge in [0.2, 0.25) is 0 Å². The third-order valence-electron chi connectivity index (χ3n) is 2.78. The molecular formula is C11H20N4O3. The van der Waals surface area contributed by atoms with Crippen LogP contribution < -0.4 is 0 Å². The van der Waals surface area contributed by atoms with Crippen molar-refractivity contribution in [3.63, 3.8) is 0 Å². The molecule has 0 radical (unpaired) electrons. The summed E-state index contributed by atoms with van der Waals surface area (Å²) in [7, 11) is 0. The van der Waals surface area contributed by atoms with Gasteiger partial charge in [0, 0.05) is 11.5 Å². The predicted molar refractivity (Wildman–Crippen MR) is 66.0 cm³/mol. The van der Waals surface area contributed by atoms with E-state index >= 15 is 0 Å². The Kier molecular flexibility index (Phi) is 4.43. The summed E-state index contributed by atoms with van der Waals surface area (Å²) in [5, 5.41) is 13.4. The molecular weight excluding hydrogens is 236 g/mol. The van der Waals surface area contributed by atoms with Crippen LogP contribution >= 0.6 is 0 Å². The van der Waals surface area contributed by atoms with Crippen molar-refractivity contribution in [2.45, 2.75) is 57.9 Å². The van der Waals surface area contributed by atoms with Gasteiger partial charge in [-0.25, -0.2) is 4.79 Å². The molecule has 1 aliphatic rings. The number of aliphatic hydroxyl groups excluding tert-OH is 1. The van der Waals surface area contributed by atoms with Crippen molar-refractivity contribution in [2.75, 3.05) is 6.54 Å². The molecule has 1 saturated heterocycles. The van der Waals surface area contributed by atoms with Crippen molar-refractivity contribution in [1.29, 1.82) is 0 Å². The molecule has 3 atom stereocenters. The molecule has 1 aliphatic heterocycles. The van der Waals surface area contributed by atoms with Crippen LogP contribution in [0.2, 0.25) is 0 Å². The normalized spacial score (nSPS) is 25.5. The molecule has 0 aromatic rings. The second-order valence-corrected chi connectivity index (χ2v) is 5.47. The van der Waals surface area contributed by atoms with Gasteiger partial charge in [-0.2, -0.15) is 0 Å². The summed E-state index contributed by atoms with van der Waals surface area (Å²) >= 11 is 0. The van der Waals surface area contributed by atoms with Crippen LogP contribution in [0.5, 0.6) is 0 Å². The molecule has 1 amide bonds. The lowest BCUT2D eigenvalue weighted by Gasteiger charge is -2.31. The van der Waals surface area contributed by atoms with Crippen molar-refractivity contribution in [2.24, 2.45) is 5.11 Å². The molecule has 0 aromatic heterocycles. The summed E-state index contributed by atoms with van der Waals surface area (Å²) in [5.74, 6) is 0. The Bertz CT molecular complexity index is 360. The average molecular weight is 256 g/mol. The first-order chi connectivity index (χ1) is 8.26. The number of amides is 1. The van der Waals surface area contributed by atoms with Crippen molar-refractivity contribution in [3.8, 4) is 0 Å². The van der Waals surface area contributed by atoms with Crippen molar-refractivity contribution in [3.05, 3.63) is 10.4 Å². The highest BCUT2D eigenvalue weighted by Crippen LogP contribution is 2.25. The van der Waals surface area contributed by atoms with Crippen LogP contribution in [0.3, 0.4) is 0 Å². The molecule has 1 unspecified atom stereocenters. The van der Waals surface area contributed by atoms with Crippen LogP contribution in [-0.4, -0.2) is 46.4 Å². The van der Waals surface area contributed by atoms with E-state index in [0.29, 0.717) is 13.0 Å². The summed E-state index contributed by atoms with van der Waals surface area (Å²) < 4.78 is 5.27. The molecule has 0 bridgehead atoms. The fourth-order valence-corrected chi connectivity index (χ4v) is 2.06. The SMILES string of the molecule is CC(N=[N+]=[N-])[C@@H]1[C@@H](O)CCN1C(=O)OC(C)(C)C. The van der Waals surface area contributed by atoms with E-state index in [9.17, 15) is 9.90 Å². The zero-order valence-electron chi connectivity index (χ0n) is 11.2. The Morgan fingerprint density at radius 1 is 1.61 bits per heavy atom. The fraction of sp³-hybridized carbons (Fsp3) is 0.909. The van der Waals surface area contributed by atoms with E-state index in [-0.39, 0.29) is 0 Å². The predicted octanol–water partition coefficient (Wildman–Crippen LogP) is 2.06. The van der Waals surface area contributed by atoms with E-state index in [4.69, 9.17) is 10.3 Å². The minimum atomic E-state index is -0.682. The topological polar surface area (TPSA) is 98.5 Å². The summed E-state index contributed by atoms with van der Waals surface area (Å²) in [4.78, 5) is 16.1. The molecule has 0 saturated carbocycles. The lowest BCUT2D eigenvalue weighted by Crippen LogP contribution is -2.47. The van der Waals surface area contributed by atoms with Crippen molar-refractivity contribution < 1.29 is 14.6 Å². The second-order valence-electron chi connectivity index (χ2n) is 5.47. The molecule has 1 rings (SSSR count). The molecule has 7 heteroatoms. The Labute approximate surface area is 106 Å². The highest BCUT2D eigenvalue weighted by Gasteiger charge is 2.40. The first-order valence-corrected chi connectivity index (χ1v) is 5.98. The number of azide groups is 1. The van der Waals surface area contributed by atoms with Crippen LogP contribution in [-0.2, 0) is 4.74 Å². The van der Waals surface area contributed by atoms with E-state index in [0.717, 1.165) is 0 Å². The largest absolute Gasteiger partial charge is 0.444 e. The molecule has 0 aliphatic carbocycles. The quantitative estimate of drug-likeness (QED) is 0.465. The zero-order chi connectivity index (χ0) is 13.9. The Hall–Kier alpha value is -1.46. The average Bonchev–Trinajstić information content (AvgIpc) is 2.58. The zero-order valence-corrected chi connectivity index (χ0v) is 11.2. The standard InChI is InChI=1S/C11H20N4O3/c1-7(13-14-12)9-8(16)5-6-15(9)10(17)18-11(2,3)4/h7-9,16H,5-6H2,1-4H3/t7?,8-,9+/m0/s1. The maximum absolute atomic E-state index is 12.0. The van der Waals surface area contributed by atoms with Gasteiger partial charge in [-0.1, -0.05) is 12.0 Å². The van der Waals surface area contributed by atoms with Crippen LogP contribution in [0, 0.1) is 0 Å². The number of carbonyl (C=O) groups excluding carboxylic acids is 1. The summed E-state index contributed by atoms with van der Waals surface area (Å²) in [6, 6.07) is -1.00. The minimum absolute atomic E-state index is 0.409. The van der Waals surface area contributed by atoms with Crippen molar-refractivity contribution in [1.82, 2.24) is 4.90 Å². The third kappa shape index (κ3) is 3.51. The molecule has 18 heavy (non-hydrogen) atoms. The Balaban J connectivity index is 2.80. The van der Waals surface area contributed by atoms with Gasteiger partial charge in [0.1, 0.15) is 5.60 Å². The smallest absolute Gasteiger partial charge is 0.410 e. The number of hydrogen-bond donors (Lipinski definition) is 1. The first-order valence-electron chi connectivity index (χ1n) is 5.98. The fourth-order valence-electron chi connectivity index (χ4n) is 2.06. The van der Waals surface area contributed by atoms with E-state index in [1.807, 2.05) is 0 Å². The minimum Gasteiger partial charge on any atom is -0.444 e. The highest BCUT2D eigenvalue weighted by molar-refractivity contribution is 5.69. The Morgan fingerprint density at radius 2 is 2.22 bits per heavy atom. The van der Waals surface area contributed by atoms with Gasteiger partial charge >= 0.3 is 6.09 Å². The molecule has 1 fully saturated rings. The molecule has 7 nitrogen and oxygen atoms in total. The first kappa shape index (κ1) is 14.6. The molecule has 0 spiro atoms. The van der Waals surface area contributed by atoms with E-state index in [1.54, 1.807) is 27.7 Å². The number of likely N-dealkylation sites (tertiary alicyclic amines) is 1. The third-order valence-corrected chi connectivity index (χ3v) is 2.78. The Morgan fingerprint density at radius 3 is 2.72 bits per heavy atom.